The van der Waals surface area contributed by atoms with Crippen LogP contribution >= 0.6 is 0 Å². The lowest BCUT2D eigenvalue weighted by Crippen LogP contribution is -2.29. The van der Waals surface area contributed by atoms with E-state index in [1.54, 1.807) is 0 Å². The number of carbonyl (C=O) groups excluding carboxylic acids is 2. The van der Waals surface area contributed by atoms with E-state index >= 15 is 0 Å². The van der Waals surface area contributed by atoms with E-state index < -0.39 is 0 Å². The zero-order chi connectivity index (χ0) is 19.5. The van der Waals surface area contributed by atoms with Gasteiger partial charge in [0.05, 0.1) is 6.54 Å². The summed E-state index contributed by atoms with van der Waals surface area (Å²) in [7, 11) is 0. The lowest BCUT2D eigenvalue weighted by Gasteiger charge is -2.06. The number of Topliss-reactive ketones (excluding diaryl/α,β-unsaturated/α-hetero) is 1. The second-order valence-corrected chi connectivity index (χ2v) is 6.72. The average molecular weight is 365 g/mol. The highest BCUT2D eigenvalue weighted by atomic mass is 16.2. The number of amides is 1. The predicted octanol–water partition coefficient (Wildman–Crippen LogP) is 3.72. The summed E-state index contributed by atoms with van der Waals surface area (Å²) in [6.07, 6.45) is 9.42. The lowest BCUT2D eigenvalue weighted by atomic mass is 10.1. The summed E-state index contributed by atoms with van der Waals surface area (Å²) in [6.45, 7) is 4.23. The molecule has 0 radical (unpaired) electrons. The van der Waals surface area contributed by atoms with Crippen LogP contribution in [0.2, 0.25) is 0 Å². The molecular formula is C23H29N2O2+. The molecule has 0 aliphatic carbocycles. The second-order valence-electron chi connectivity index (χ2n) is 6.72. The van der Waals surface area contributed by atoms with Gasteiger partial charge in [-0.25, -0.2) is 0 Å². The summed E-state index contributed by atoms with van der Waals surface area (Å²) in [5.74, 6) is 0.00197. The largest absolute Gasteiger partial charge is 0.349 e. The van der Waals surface area contributed by atoms with Gasteiger partial charge >= 0.3 is 0 Å². The molecular weight excluding hydrogens is 336 g/mol. The molecule has 0 atom stereocenters. The molecule has 2 aromatic rings. The molecule has 1 aromatic carbocycles. The smallest absolute Gasteiger partial charge is 0.220 e. The second kappa shape index (κ2) is 11.1. The first-order chi connectivity index (χ1) is 13.1. The Morgan fingerprint density at radius 1 is 1.00 bits per heavy atom. The fourth-order valence-electron chi connectivity index (χ4n) is 2.82. The van der Waals surface area contributed by atoms with Gasteiger partial charge in [-0.05, 0) is 31.7 Å². The van der Waals surface area contributed by atoms with E-state index in [0.717, 1.165) is 24.1 Å². The van der Waals surface area contributed by atoms with Gasteiger partial charge in [-0.3, -0.25) is 9.59 Å². The van der Waals surface area contributed by atoms with Crippen molar-refractivity contribution in [2.24, 2.45) is 0 Å². The molecule has 1 N–H and O–H groups in total. The summed E-state index contributed by atoms with van der Waals surface area (Å²) in [5.41, 5.74) is 3.43. The average Bonchev–Trinajstić information content (AvgIpc) is 2.70. The van der Waals surface area contributed by atoms with Crippen molar-refractivity contribution in [2.45, 2.75) is 46.0 Å². The molecule has 4 nitrogen and oxygen atoms in total. The van der Waals surface area contributed by atoms with Crippen molar-refractivity contribution in [3.05, 3.63) is 72.1 Å². The number of nitrogens with one attached hydrogen (secondary N) is 1. The van der Waals surface area contributed by atoms with Gasteiger partial charge in [-0.2, -0.15) is 4.57 Å². The van der Waals surface area contributed by atoms with Gasteiger partial charge in [0.2, 0.25) is 11.6 Å². The van der Waals surface area contributed by atoms with Crippen molar-refractivity contribution in [1.29, 1.82) is 0 Å². The molecule has 1 heterocycles. The van der Waals surface area contributed by atoms with Crippen molar-refractivity contribution in [3.8, 4) is 5.69 Å². The van der Waals surface area contributed by atoms with Crippen molar-refractivity contribution in [3.63, 3.8) is 0 Å². The molecule has 0 saturated carbocycles. The number of hydrogen-bond donors (Lipinski definition) is 1. The third kappa shape index (κ3) is 7.57. The van der Waals surface area contributed by atoms with Crippen LogP contribution in [0.25, 0.3) is 5.69 Å². The summed E-state index contributed by atoms with van der Waals surface area (Å²) < 4.78 is 2.04. The Morgan fingerprint density at radius 3 is 2.37 bits per heavy atom. The van der Waals surface area contributed by atoms with Crippen LogP contribution in [0.5, 0.6) is 0 Å². The first kappa shape index (κ1) is 20.6. The maximum Gasteiger partial charge on any atom is 0.220 e. The molecule has 0 aliphatic rings. The van der Waals surface area contributed by atoms with E-state index in [1.807, 2.05) is 66.3 Å². The van der Waals surface area contributed by atoms with Gasteiger partial charge < -0.3 is 5.32 Å². The van der Waals surface area contributed by atoms with Crippen molar-refractivity contribution < 1.29 is 14.2 Å². The Kier molecular flexibility index (Phi) is 8.43. The lowest BCUT2D eigenvalue weighted by molar-refractivity contribution is -0.595. The van der Waals surface area contributed by atoms with Gasteiger partial charge in [0, 0.05) is 37.1 Å². The number of carbonyl (C=O) groups is 2. The van der Waals surface area contributed by atoms with Crippen LogP contribution in [-0.2, 0) is 16.0 Å². The van der Waals surface area contributed by atoms with Gasteiger partial charge in [0.15, 0.2) is 18.2 Å². The molecule has 1 amide bonds. The van der Waals surface area contributed by atoms with Gasteiger partial charge in [0.1, 0.15) is 0 Å². The van der Waals surface area contributed by atoms with E-state index in [1.165, 1.54) is 5.57 Å². The predicted molar refractivity (Wildman–Crippen MR) is 108 cm³/mol. The van der Waals surface area contributed by atoms with Crippen LogP contribution < -0.4 is 9.88 Å². The van der Waals surface area contributed by atoms with Crippen LogP contribution in [0.4, 0.5) is 0 Å². The highest BCUT2D eigenvalue weighted by Gasteiger charge is 2.08. The summed E-state index contributed by atoms with van der Waals surface area (Å²) in [5, 5.41) is 2.73. The molecule has 0 aliphatic heterocycles. The molecule has 0 spiro atoms. The third-order valence-corrected chi connectivity index (χ3v) is 4.42. The van der Waals surface area contributed by atoms with E-state index in [0.29, 0.717) is 19.3 Å². The number of pyridine rings is 1. The Labute approximate surface area is 161 Å². The SMILES string of the molecule is CC/C=C(\C)CCC(=O)NCC(=O)CCc1ccc(-[n+]2ccccc2)cc1. The van der Waals surface area contributed by atoms with Crippen molar-refractivity contribution >= 4 is 11.7 Å². The summed E-state index contributed by atoms with van der Waals surface area (Å²) >= 11 is 0. The molecule has 0 saturated heterocycles. The van der Waals surface area contributed by atoms with Gasteiger partial charge in [-0.15, -0.1) is 0 Å². The number of rotatable bonds is 10. The first-order valence-electron chi connectivity index (χ1n) is 9.58. The van der Waals surface area contributed by atoms with E-state index in [2.05, 4.69) is 18.3 Å². The molecule has 142 valence electrons. The number of benzene rings is 1. The quantitative estimate of drug-likeness (QED) is 0.515. The Hall–Kier alpha value is -2.75. The van der Waals surface area contributed by atoms with Crippen LogP contribution in [0.3, 0.4) is 0 Å². The topological polar surface area (TPSA) is 50.1 Å². The van der Waals surface area contributed by atoms with E-state index in [9.17, 15) is 9.59 Å². The molecule has 27 heavy (non-hydrogen) atoms. The summed E-state index contributed by atoms with van der Waals surface area (Å²) in [6, 6.07) is 14.2. The zero-order valence-corrected chi connectivity index (χ0v) is 16.3. The third-order valence-electron chi connectivity index (χ3n) is 4.42. The van der Waals surface area contributed by atoms with E-state index in [4.69, 9.17) is 0 Å². The number of hydrogen-bond acceptors (Lipinski definition) is 2. The fraction of sp³-hybridized carbons (Fsp3) is 0.348. The van der Waals surface area contributed by atoms with Gasteiger partial charge in [-0.1, -0.05) is 36.8 Å². The molecule has 0 unspecified atom stereocenters. The van der Waals surface area contributed by atoms with Crippen LogP contribution in [-0.4, -0.2) is 18.2 Å². The number of aromatic nitrogens is 1. The highest BCUT2D eigenvalue weighted by molar-refractivity contribution is 5.86. The molecule has 0 fully saturated rings. The minimum atomic E-state index is -0.0589. The Balaban J connectivity index is 1.71. The summed E-state index contributed by atoms with van der Waals surface area (Å²) in [4.78, 5) is 23.8. The standard InChI is InChI=1S/C23H28N2O2/c1-3-7-19(2)8-15-23(27)24-18-22(26)14-11-20-9-12-21(13-10-20)25-16-5-4-6-17-25/h4-7,9-10,12-13,16-17H,3,8,11,14-15,18H2,1-2H3/p+1/b19-7+. The van der Waals surface area contributed by atoms with E-state index in [-0.39, 0.29) is 18.2 Å². The molecule has 0 bridgehead atoms. The van der Waals surface area contributed by atoms with Crippen LogP contribution in [0.15, 0.2) is 66.5 Å². The van der Waals surface area contributed by atoms with Crippen LogP contribution in [0, 0.1) is 0 Å². The van der Waals surface area contributed by atoms with Crippen molar-refractivity contribution in [2.75, 3.05) is 6.54 Å². The monoisotopic (exact) mass is 365 g/mol. The maximum absolute atomic E-state index is 12.0. The molecule has 2 rings (SSSR count). The first-order valence-corrected chi connectivity index (χ1v) is 9.58. The minimum absolute atomic E-state index is 0.0589. The Morgan fingerprint density at radius 2 is 1.70 bits per heavy atom. The van der Waals surface area contributed by atoms with Gasteiger partial charge in [0.25, 0.3) is 0 Å². The number of aryl methyl sites for hydroxylation is 1. The maximum atomic E-state index is 12.0. The fourth-order valence-corrected chi connectivity index (χ4v) is 2.82. The Bertz CT molecular complexity index is 765. The zero-order valence-electron chi connectivity index (χ0n) is 16.3. The highest BCUT2D eigenvalue weighted by Crippen LogP contribution is 2.07. The minimum Gasteiger partial charge on any atom is -0.349 e. The number of allylic oxidation sites excluding steroid dienone is 2. The normalized spacial score (nSPS) is 11.3. The number of ketones is 1. The van der Waals surface area contributed by atoms with Crippen molar-refractivity contribution in [1.82, 2.24) is 5.32 Å². The molecule has 1 aromatic heterocycles. The van der Waals surface area contributed by atoms with Crippen LogP contribution in [0.1, 0.15) is 45.1 Å². The number of nitrogens with zero attached hydrogens (tertiary/aromatic N) is 1. The molecule has 4 heteroatoms.